The second kappa shape index (κ2) is 5.83. The Kier molecular flexibility index (Phi) is 4.38. The van der Waals surface area contributed by atoms with E-state index >= 15 is 0 Å². The SMILES string of the molecule is CCc1ccc(CC(O)c2cccc(F)c2Cl)s1. The number of aryl methyl sites for hydroxylation is 1. The van der Waals surface area contributed by atoms with E-state index in [-0.39, 0.29) is 5.02 Å². The molecule has 0 spiro atoms. The summed E-state index contributed by atoms with van der Waals surface area (Å²) >= 11 is 7.52. The molecule has 0 aliphatic heterocycles. The van der Waals surface area contributed by atoms with E-state index in [1.807, 2.05) is 6.07 Å². The summed E-state index contributed by atoms with van der Waals surface area (Å²) in [7, 11) is 0. The van der Waals surface area contributed by atoms with Gasteiger partial charge < -0.3 is 5.11 Å². The van der Waals surface area contributed by atoms with Crippen molar-refractivity contribution in [1.82, 2.24) is 0 Å². The Morgan fingerprint density at radius 2 is 2.00 bits per heavy atom. The second-order valence-corrected chi connectivity index (χ2v) is 5.72. The number of aliphatic hydroxyl groups is 1. The molecule has 0 bridgehead atoms. The smallest absolute Gasteiger partial charge is 0.142 e. The summed E-state index contributed by atoms with van der Waals surface area (Å²) in [5.74, 6) is -0.492. The van der Waals surface area contributed by atoms with Crippen LogP contribution in [0.1, 0.15) is 28.3 Å². The minimum absolute atomic E-state index is 0.0114. The third kappa shape index (κ3) is 2.91. The zero-order valence-corrected chi connectivity index (χ0v) is 11.6. The van der Waals surface area contributed by atoms with Gasteiger partial charge in [0.25, 0.3) is 0 Å². The third-order valence-electron chi connectivity index (χ3n) is 2.80. The Balaban J connectivity index is 2.16. The van der Waals surface area contributed by atoms with Crippen molar-refractivity contribution in [2.45, 2.75) is 25.9 Å². The Labute approximate surface area is 115 Å². The molecule has 0 aliphatic carbocycles. The first-order chi connectivity index (χ1) is 8.61. The highest BCUT2D eigenvalue weighted by atomic mass is 35.5. The predicted octanol–water partition coefficient (Wildman–Crippen LogP) is 4.38. The van der Waals surface area contributed by atoms with Crippen molar-refractivity contribution in [3.63, 3.8) is 0 Å². The van der Waals surface area contributed by atoms with E-state index in [0.29, 0.717) is 12.0 Å². The molecule has 0 fully saturated rings. The standard InChI is InChI=1S/C14H14ClFOS/c1-2-9-6-7-10(18-9)8-13(17)11-4-3-5-12(16)14(11)15/h3-7,13,17H,2,8H2,1H3. The van der Waals surface area contributed by atoms with Gasteiger partial charge in [-0.3, -0.25) is 0 Å². The van der Waals surface area contributed by atoms with Gasteiger partial charge in [0.05, 0.1) is 11.1 Å². The van der Waals surface area contributed by atoms with Crippen LogP contribution < -0.4 is 0 Å². The van der Waals surface area contributed by atoms with Crippen molar-refractivity contribution in [3.8, 4) is 0 Å². The lowest BCUT2D eigenvalue weighted by Crippen LogP contribution is -2.02. The molecular weight excluding hydrogens is 271 g/mol. The molecule has 18 heavy (non-hydrogen) atoms. The van der Waals surface area contributed by atoms with Gasteiger partial charge in [0.2, 0.25) is 0 Å². The summed E-state index contributed by atoms with van der Waals surface area (Å²) in [5, 5.41) is 10.1. The molecule has 1 aromatic carbocycles. The Bertz CT molecular complexity index is 538. The predicted molar refractivity (Wildman–Crippen MR) is 73.8 cm³/mol. The molecule has 96 valence electrons. The number of hydrogen-bond acceptors (Lipinski definition) is 2. The maximum atomic E-state index is 13.3. The summed E-state index contributed by atoms with van der Waals surface area (Å²) in [4.78, 5) is 2.36. The van der Waals surface area contributed by atoms with Gasteiger partial charge in [-0.25, -0.2) is 4.39 Å². The quantitative estimate of drug-likeness (QED) is 0.883. The number of rotatable bonds is 4. The van der Waals surface area contributed by atoms with Crippen LogP contribution in [-0.2, 0) is 12.8 Å². The lowest BCUT2D eigenvalue weighted by molar-refractivity contribution is 0.179. The first-order valence-electron chi connectivity index (χ1n) is 5.81. The molecule has 0 aliphatic rings. The van der Waals surface area contributed by atoms with E-state index in [4.69, 9.17) is 11.6 Å². The summed E-state index contributed by atoms with van der Waals surface area (Å²) in [6.07, 6.45) is 0.687. The van der Waals surface area contributed by atoms with E-state index in [1.54, 1.807) is 23.5 Å². The van der Waals surface area contributed by atoms with Gasteiger partial charge in [-0.15, -0.1) is 11.3 Å². The van der Waals surface area contributed by atoms with E-state index in [9.17, 15) is 9.50 Å². The van der Waals surface area contributed by atoms with Crippen LogP contribution in [0.5, 0.6) is 0 Å². The van der Waals surface area contributed by atoms with Crippen LogP contribution in [0.3, 0.4) is 0 Å². The van der Waals surface area contributed by atoms with Gasteiger partial charge in [0, 0.05) is 21.7 Å². The van der Waals surface area contributed by atoms with Crippen LogP contribution >= 0.6 is 22.9 Å². The molecule has 1 atom stereocenters. The fourth-order valence-electron chi connectivity index (χ4n) is 1.80. The van der Waals surface area contributed by atoms with E-state index < -0.39 is 11.9 Å². The minimum atomic E-state index is -0.767. The van der Waals surface area contributed by atoms with Gasteiger partial charge in [0.15, 0.2) is 0 Å². The minimum Gasteiger partial charge on any atom is -0.388 e. The number of hydrogen-bond donors (Lipinski definition) is 1. The molecule has 4 heteroatoms. The molecule has 0 saturated heterocycles. The maximum absolute atomic E-state index is 13.3. The van der Waals surface area contributed by atoms with Crippen LogP contribution in [0.25, 0.3) is 0 Å². The first kappa shape index (κ1) is 13.5. The van der Waals surface area contributed by atoms with Gasteiger partial charge in [0.1, 0.15) is 5.82 Å². The van der Waals surface area contributed by atoms with E-state index in [1.165, 1.54) is 10.9 Å². The molecule has 1 nitrogen and oxygen atoms in total. The van der Waals surface area contributed by atoms with Crippen LogP contribution in [0, 0.1) is 5.82 Å². The lowest BCUT2D eigenvalue weighted by Gasteiger charge is -2.11. The molecule has 1 heterocycles. The van der Waals surface area contributed by atoms with E-state index in [0.717, 1.165) is 11.3 Å². The van der Waals surface area contributed by atoms with Crippen molar-refractivity contribution < 1.29 is 9.50 Å². The van der Waals surface area contributed by atoms with Gasteiger partial charge in [-0.05, 0) is 24.6 Å². The van der Waals surface area contributed by atoms with Crippen LogP contribution in [0.15, 0.2) is 30.3 Å². The largest absolute Gasteiger partial charge is 0.388 e. The molecule has 0 saturated carbocycles. The molecular formula is C14H14ClFOS. The van der Waals surface area contributed by atoms with E-state index in [2.05, 4.69) is 13.0 Å². The molecule has 2 rings (SSSR count). The third-order valence-corrected chi connectivity index (χ3v) is 4.45. The number of thiophene rings is 1. The maximum Gasteiger partial charge on any atom is 0.142 e. The van der Waals surface area contributed by atoms with Crippen molar-refractivity contribution in [2.75, 3.05) is 0 Å². The molecule has 0 radical (unpaired) electrons. The van der Waals surface area contributed by atoms with Crippen LogP contribution in [0.2, 0.25) is 5.02 Å². The summed E-state index contributed by atoms with van der Waals surface area (Å²) in [6, 6.07) is 8.56. The second-order valence-electron chi connectivity index (χ2n) is 4.08. The molecule has 1 aromatic heterocycles. The highest BCUT2D eigenvalue weighted by Gasteiger charge is 2.15. The fourth-order valence-corrected chi connectivity index (χ4v) is 3.05. The number of benzene rings is 1. The monoisotopic (exact) mass is 284 g/mol. The Morgan fingerprint density at radius 3 is 2.67 bits per heavy atom. The fraction of sp³-hybridized carbons (Fsp3) is 0.286. The number of aliphatic hydroxyl groups excluding tert-OH is 1. The van der Waals surface area contributed by atoms with Crippen molar-refractivity contribution in [3.05, 3.63) is 56.5 Å². The zero-order chi connectivity index (χ0) is 13.1. The lowest BCUT2D eigenvalue weighted by atomic mass is 10.1. The summed E-state index contributed by atoms with van der Waals surface area (Å²) < 4.78 is 13.3. The topological polar surface area (TPSA) is 20.2 Å². The molecule has 0 amide bonds. The zero-order valence-electron chi connectivity index (χ0n) is 9.99. The average molecular weight is 285 g/mol. The molecule has 1 N–H and O–H groups in total. The van der Waals surface area contributed by atoms with Crippen LogP contribution in [-0.4, -0.2) is 5.11 Å². The van der Waals surface area contributed by atoms with Gasteiger partial charge in [-0.1, -0.05) is 30.7 Å². The highest BCUT2D eigenvalue weighted by Crippen LogP contribution is 2.29. The Morgan fingerprint density at radius 1 is 1.28 bits per heavy atom. The normalized spacial score (nSPS) is 12.7. The van der Waals surface area contributed by atoms with Crippen molar-refractivity contribution >= 4 is 22.9 Å². The molecule has 1 unspecified atom stereocenters. The number of halogens is 2. The summed E-state index contributed by atoms with van der Waals surface area (Å²) in [6.45, 7) is 2.09. The van der Waals surface area contributed by atoms with Gasteiger partial charge >= 0.3 is 0 Å². The molecule has 2 aromatic rings. The van der Waals surface area contributed by atoms with Crippen molar-refractivity contribution in [1.29, 1.82) is 0 Å². The first-order valence-corrected chi connectivity index (χ1v) is 7.00. The summed E-state index contributed by atoms with van der Waals surface area (Å²) in [5.41, 5.74) is 0.447. The van der Waals surface area contributed by atoms with Crippen molar-refractivity contribution in [2.24, 2.45) is 0 Å². The Hall–Kier alpha value is -0.900. The highest BCUT2D eigenvalue weighted by molar-refractivity contribution is 7.11. The van der Waals surface area contributed by atoms with Crippen LogP contribution in [0.4, 0.5) is 4.39 Å². The average Bonchev–Trinajstić information content (AvgIpc) is 2.80. The van der Waals surface area contributed by atoms with Gasteiger partial charge in [-0.2, -0.15) is 0 Å².